The van der Waals surface area contributed by atoms with Crippen LogP contribution in [0.5, 0.6) is 11.5 Å². The van der Waals surface area contributed by atoms with E-state index in [9.17, 15) is 14.9 Å². The summed E-state index contributed by atoms with van der Waals surface area (Å²) in [5.41, 5.74) is 11.3. The maximum Gasteiger partial charge on any atom is 0.219 e. The summed E-state index contributed by atoms with van der Waals surface area (Å²) in [4.78, 5) is 32.6. The second kappa shape index (κ2) is 18.1. The molecule has 0 bridgehead atoms. The molecule has 0 radical (unpaired) electrons. The Morgan fingerprint density at radius 2 is 1.61 bits per heavy atom. The number of Topliss-reactive ketones (excluding diaryl/α,β-unsaturated/α-hetero) is 2. The number of unbranched alkanes of at least 4 members (excludes halogenated alkanes) is 2. The van der Waals surface area contributed by atoms with Crippen molar-refractivity contribution in [3.63, 3.8) is 0 Å². The fourth-order valence-corrected chi connectivity index (χ4v) is 5.65. The van der Waals surface area contributed by atoms with Gasteiger partial charge < -0.3 is 25.3 Å². The van der Waals surface area contributed by atoms with Gasteiger partial charge in [-0.05, 0) is 86.2 Å². The van der Waals surface area contributed by atoms with Crippen LogP contribution in [0.1, 0.15) is 102 Å². The Kier molecular flexibility index (Phi) is 13.7. The van der Waals surface area contributed by atoms with Crippen LogP contribution in [-0.4, -0.2) is 47.9 Å². The number of ether oxygens (including phenoxy) is 3. The number of aryl methyl sites for hydroxylation is 1. The maximum absolute atomic E-state index is 12.6. The Morgan fingerprint density at radius 3 is 2.27 bits per heavy atom. The third-order valence-corrected chi connectivity index (χ3v) is 8.77. The van der Waals surface area contributed by atoms with Gasteiger partial charge in [0.2, 0.25) is 5.95 Å². The van der Waals surface area contributed by atoms with Crippen LogP contribution in [0.15, 0.2) is 67.0 Å². The number of hydrogen-bond donors (Lipinski definition) is 2. The van der Waals surface area contributed by atoms with Crippen molar-refractivity contribution in [2.75, 3.05) is 37.4 Å². The van der Waals surface area contributed by atoms with Crippen LogP contribution < -0.4 is 20.5 Å². The monoisotopic (exact) mass is 691 g/mol. The van der Waals surface area contributed by atoms with Gasteiger partial charge in [0, 0.05) is 59.3 Å². The Hall–Kier alpha value is -5.27. The van der Waals surface area contributed by atoms with E-state index in [2.05, 4.69) is 41.3 Å². The van der Waals surface area contributed by atoms with Crippen LogP contribution in [0, 0.1) is 24.2 Å². The van der Waals surface area contributed by atoms with Crippen LogP contribution in [0.3, 0.4) is 0 Å². The van der Waals surface area contributed by atoms with E-state index >= 15 is 0 Å². The topological polar surface area (TPSA) is 149 Å². The Morgan fingerprint density at radius 1 is 0.902 bits per heavy atom. The number of hydrogen-bond acceptors (Lipinski definition) is 10. The van der Waals surface area contributed by atoms with Crippen molar-refractivity contribution in [3.05, 3.63) is 106 Å². The van der Waals surface area contributed by atoms with Crippen LogP contribution in [0.4, 0.5) is 11.6 Å². The largest absolute Gasteiger partial charge is 0.492 e. The molecule has 1 heterocycles. The van der Waals surface area contributed by atoms with Gasteiger partial charge in [0.15, 0.2) is 11.6 Å². The molecule has 0 aliphatic heterocycles. The standard InChI is InChI=1S/C41H49N5O5/c1-27(2)38(48)37-22-34(12-15-36(37)29(4)47)44-16-19-49-17-8-7-9-18-50-39-28(3)20-33(21-31(39)23-42)41(5,6)32-10-13-35(14-11-32)51-26-30-24-45-40(43)46-25-30/h10-15,20-22,24-25,27,44H,7-9,16-19,26H2,1-6H3,(H2,43,45,46). The van der Waals surface area contributed by atoms with Gasteiger partial charge in [0.1, 0.15) is 24.2 Å². The highest BCUT2D eigenvalue weighted by Gasteiger charge is 2.26. The highest BCUT2D eigenvalue weighted by atomic mass is 16.5. The molecule has 4 rings (SSSR count). The first-order valence-electron chi connectivity index (χ1n) is 17.4. The molecule has 51 heavy (non-hydrogen) atoms. The first-order chi connectivity index (χ1) is 24.4. The Labute approximate surface area is 301 Å². The van der Waals surface area contributed by atoms with Gasteiger partial charge in [-0.1, -0.05) is 45.9 Å². The second-order valence-corrected chi connectivity index (χ2v) is 13.5. The zero-order valence-electron chi connectivity index (χ0n) is 30.5. The van der Waals surface area contributed by atoms with Crippen molar-refractivity contribution >= 4 is 23.2 Å². The van der Waals surface area contributed by atoms with E-state index in [1.54, 1.807) is 24.5 Å². The summed E-state index contributed by atoms with van der Waals surface area (Å²) in [6, 6.07) is 19.6. The predicted molar refractivity (Wildman–Crippen MR) is 200 cm³/mol. The van der Waals surface area contributed by atoms with E-state index in [0.717, 1.165) is 53.0 Å². The summed E-state index contributed by atoms with van der Waals surface area (Å²) in [6.45, 7) is 14.0. The first kappa shape index (κ1) is 38.5. The van der Waals surface area contributed by atoms with E-state index in [4.69, 9.17) is 19.9 Å². The number of rotatable bonds is 19. The average molecular weight is 692 g/mol. The van der Waals surface area contributed by atoms with Crippen molar-refractivity contribution < 1.29 is 23.8 Å². The van der Waals surface area contributed by atoms with Crippen molar-refractivity contribution in [1.82, 2.24) is 9.97 Å². The molecule has 10 nitrogen and oxygen atoms in total. The number of carbonyl (C=O) groups excluding carboxylic acids is 2. The van der Waals surface area contributed by atoms with Gasteiger partial charge >= 0.3 is 0 Å². The summed E-state index contributed by atoms with van der Waals surface area (Å²) in [5, 5.41) is 13.3. The number of nitrogens with zero attached hydrogens (tertiary/aromatic N) is 3. The zero-order valence-corrected chi connectivity index (χ0v) is 30.5. The molecule has 1 aromatic heterocycles. The maximum atomic E-state index is 12.6. The third-order valence-electron chi connectivity index (χ3n) is 8.77. The summed E-state index contributed by atoms with van der Waals surface area (Å²) in [6.07, 6.45) is 5.96. The lowest BCUT2D eigenvalue weighted by molar-refractivity contribution is 0.0927. The number of nitrogens with two attached hydrogens (primary N) is 1. The van der Waals surface area contributed by atoms with Gasteiger partial charge in [0.05, 0.1) is 18.8 Å². The minimum Gasteiger partial charge on any atom is -0.492 e. The summed E-state index contributed by atoms with van der Waals surface area (Å²) in [5.74, 6) is 1.24. The van der Waals surface area contributed by atoms with Gasteiger partial charge in [-0.25, -0.2) is 9.97 Å². The first-order valence-corrected chi connectivity index (χ1v) is 17.4. The van der Waals surface area contributed by atoms with Crippen molar-refractivity contribution in [3.8, 4) is 17.6 Å². The minimum absolute atomic E-state index is 0.0443. The number of nitrogen functional groups attached to an aromatic ring is 1. The molecule has 0 saturated heterocycles. The lowest BCUT2D eigenvalue weighted by Gasteiger charge is -2.27. The zero-order chi connectivity index (χ0) is 37.0. The molecule has 3 N–H and O–H groups in total. The van der Waals surface area contributed by atoms with Crippen LogP contribution in [-0.2, 0) is 16.8 Å². The number of carbonyl (C=O) groups is 2. The molecule has 0 atom stereocenters. The molecule has 0 aliphatic carbocycles. The number of aromatic nitrogens is 2. The number of anilines is 2. The van der Waals surface area contributed by atoms with E-state index in [-0.39, 0.29) is 28.8 Å². The number of nitriles is 1. The molecule has 3 aromatic carbocycles. The molecule has 0 unspecified atom stereocenters. The van der Waals surface area contributed by atoms with Gasteiger partial charge in [-0.3, -0.25) is 9.59 Å². The molecule has 0 spiro atoms. The summed E-state index contributed by atoms with van der Waals surface area (Å²) >= 11 is 0. The average Bonchev–Trinajstić information content (AvgIpc) is 3.12. The molecule has 0 fully saturated rings. The van der Waals surface area contributed by atoms with E-state index in [0.29, 0.717) is 55.4 Å². The van der Waals surface area contributed by atoms with E-state index in [1.165, 1.54) is 6.92 Å². The second-order valence-electron chi connectivity index (χ2n) is 13.5. The molecule has 0 amide bonds. The SMILES string of the molecule is CC(=O)c1ccc(NCCOCCCCCOc2c(C)cc(C(C)(C)c3ccc(OCc4cnc(N)nc4)cc3)cc2C#N)cc1C(=O)C(C)C. The van der Waals surface area contributed by atoms with Crippen molar-refractivity contribution in [2.45, 2.75) is 72.8 Å². The van der Waals surface area contributed by atoms with Crippen molar-refractivity contribution in [1.29, 1.82) is 5.26 Å². The Balaban J connectivity index is 1.19. The predicted octanol–water partition coefficient (Wildman–Crippen LogP) is 7.86. The molecule has 4 aromatic rings. The fourth-order valence-electron chi connectivity index (χ4n) is 5.65. The quantitative estimate of drug-likeness (QED) is 0.0735. The van der Waals surface area contributed by atoms with Crippen LogP contribution in [0.25, 0.3) is 0 Å². The lowest BCUT2D eigenvalue weighted by atomic mass is 9.77. The normalized spacial score (nSPS) is 11.3. The van der Waals surface area contributed by atoms with E-state index in [1.807, 2.05) is 57.2 Å². The number of ketones is 2. The Bertz CT molecular complexity index is 1830. The number of benzene rings is 3. The minimum atomic E-state index is -0.358. The van der Waals surface area contributed by atoms with Crippen LogP contribution in [0.2, 0.25) is 0 Å². The van der Waals surface area contributed by atoms with Gasteiger partial charge in [-0.2, -0.15) is 5.26 Å². The molecule has 268 valence electrons. The number of nitrogens with one attached hydrogen (secondary N) is 1. The third kappa shape index (κ3) is 10.6. The fraction of sp³-hybridized carbons (Fsp3) is 0.390. The highest BCUT2D eigenvalue weighted by Crippen LogP contribution is 2.36. The summed E-state index contributed by atoms with van der Waals surface area (Å²) in [7, 11) is 0. The molecular formula is C41H49N5O5. The summed E-state index contributed by atoms with van der Waals surface area (Å²) < 4.78 is 17.8. The molecular weight excluding hydrogens is 642 g/mol. The van der Waals surface area contributed by atoms with E-state index < -0.39 is 0 Å². The smallest absolute Gasteiger partial charge is 0.219 e. The lowest BCUT2D eigenvalue weighted by Crippen LogP contribution is -2.19. The molecule has 10 heteroatoms. The van der Waals surface area contributed by atoms with Crippen molar-refractivity contribution in [2.24, 2.45) is 5.92 Å². The highest BCUT2D eigenvalue weighted by molar-refractivity contribution is 6.09. The molecule has 0 saturated carbocycles. The molecule has 0 aliphatic rings. The van der Waals surface area contributed by atoms with Gasteiger partial charge in [0.25, 0.3) is 0 Å². The van der Waals surface area contributed by atoms with Gasteiger partial charge in [-0.15, -0.1) is 0 Å². The van der Waals surface area contributed by atoms with Crippen LogP contribution >= 0.6 is 0 Å².